The fourth-order valence-electron chi connectivity index (χ4n) is 3.96. The van der Waals surface area contributed by atoms with Gasteiger partial charge in [0.2, 0.25) is 0 Å². The lowest BCUT2D eigenvalue weighted by molar-refractivity contribution is -0.671. The number of hydrogen-bond acceptors (Lipinski definition) is 1. The zero-order valence-corrected chi connectivity index (χ0v) is 11.8. The monoisotopic (exact) mass is 259 g/mol. The van der Waals surface area contributed by atoms with E-state index in [1.54, 1.807) is 0 Å². The first-order valence-electron chi connectivity index (χ1n) is 7.39. The van der Waals surface area contributed by atoms with Crippen molar-refractivity contribution >= 4 is 5.91 Å². The van der Waals surface area contributed by atoms with E-state index in [9.17, 15) is 4.79 Å². The van der Waals surface area contributed by atoms with Crippen molar-refractivity contribution in [3.05, 3.63) is 30.1 Å². The molecule has 0 aromatic carbocycles. The summed E-state index contributed by atoms with van der Waals surface area (Å²) in [6.45, 7) is 2.17. The van der Waals surface area contributed by atoms with Crippen LogP contribution < -0.4 is 9.88 Å². The van der Waals surface area contributed by atoms with Gasteiger partial charge in [-0.05, 0) is 43.9 Å². The van der Waals surface area contributed by atoms with Gasteiger partial charge in [0.1, 0.15) is 7.05 Å². The predicted molar refractivity (Wildman–Crippen MR) is 73.5 cm³/mol. The first-order chi connectivity index (χ1) is 9.13. The highest BCUT2D eigenvalue weighted by atomic mass is 16.1. The van der Waals surface area contributed by atoms with Gasteiger partial charge in [-0.2, -0.15) is 0 Å². The van der Waals surface area contributed by atoms with Crippen molar-refractivity contribution in [3.8, 4) is 0 Å². The summed E-state index contributed by atoms with van der Waals surface area (Å²) >= 11 is 0. The molecular formula is C16H23N2O+. The van der Waals surface area contributed by atoms with E-state index in [1.807, 2.05) is 36.1 Å². The molecule has 0 radical (unpaired) electrons. The van der Waals surface area contributed by atoms with E-state index < -0.39 is 0 Å². The SMILES string of the molecule is C[C@H](NC(=O)c1cc[n+](C)cc1)[C@@H]1C[C@H]2CC[C@H]1C2. The third-order valence-electron chi connectivity index (χ3n) is 5.03. The molecule has 2 aliphatic rings. The van der Waals surface area contributed by atoms with Gasteiger partial charge in [0, 0.05) is 18.2 Å². The summed E-state index contributed by atoms with van der Waals surface area (Å²) in [6.07, 6.45) is 9.32. The lowest BCUT2D eigenvalue weighted by atomic mass is 9.84. The molecule has 1 heterocycles. The van der Waals surface area contributed by atoms with Crippen LogP contribution in [0.1, 0.15) is 43.0 Å². The van der Waals surface area contributed by atoms with Crippen molar-refractivity contribution in [1.82, 2.24) is 5.32 Å². The number of pyridine rings is 1. The average Bonchev–Trinajstić information content (AvgIpc) is 3.01. The van der Waals surface area contributed by atoms with Crippen molar-refractivity contribution in [2.45, 2.75) is 38.6 Å². The second-order valence-corrected chi connectivity index (χ2v) is 6.35. The Morgan fingerprint density at radius 2 is 2.05 bits per heavy atom. The molecule has 1 N–H and O–H groups in total. The molecule has 0 spiro atoms. The van der Waals surface area contributed by atoms with Crippen LogP contribution in [0, 0.1) is 17.8 Å². The van der Waals surface area contributed by atoms with E-state index >= 15 is 0 Å². The molecule has 1 aromatic rings. The standard InChI is InChI=1S/C16H22N2O/c1-11(15-10-12-3-4-14(15)9-12)17-16(19)13-5-7-18(2)8-6-13/h5-8,11-12,14-15H,3-4,9-10H2,1-2H3/p+1/t11-,12-,14-,15-/m0/s1. The maximum Gasteiger partial charge on any atom is 0.251 e. The summed E-state index contributed by atoms with van der Waals surface area (Å²) in [5.74, 6) is 2.55. The van der Waals surface area contributed by atoms with Gasteiger partial charge in [-0.3, -0.25) is 4.79 Å². The van der Waals surface area contributed by atoms with E-state index in [-0.39, 0.29) is 5.91 Å². The molecule has 2 bridgehead atoms. The van der Waals surface area contributed by atoms with Gasteiger partial charge < -0.3 is 5.32 Å². The largest absolute Gasteiger partial charge is 0.349 e. The van der Waals surface area contributed by atoms with Crippen molar-refractivity contribution in [3.63, 3.8) is 0 Å². The van der Waals surface area contributed by atoms with Crippen LogP contribution in [-0.4, -0.2) is 11.9 Å². The number of hydrogen-bond donors (Lipinski definition) is 1. The van der Waals surface area contributed by atoms with Crippen molar-refractivity contribution in [2.75, 3.05) is 0 Å². The molecule has 3 heteroatoms. The minimum atomic E-state index is 0.0656. The topological polar surface area (TPSA) is 33.0 Å². The molecule has 1 amide bonds. The zero-order chi connectivity index (χ0) is 13.4. The second kappa shape index (κ2) is 4.95. The minimum absolute atomic E-state index is 0.0656. The maximum absolute atomic E-state index is 12.2. The number of carbonyl (C=O) groups is 1. The Balaban J connectivity index is 1.61. The Kier molecular flexibility index (Phi) is 3.29. The van der Waals surface area contributed by atoms with E-state index in [0.29, 0.717) is 12.0 Å². The van der Waals surface area contributed by atoms with Crippen LogP contribution in [0.3, 0.4) is 0 Å². The fourth-order valence-corrected chi connectivity index (χ4v) is 3.96. The molecule has 2 aliphatic carbocycles. The quantitative estimate of drug-likeness (QED) is 0.828. The Morgan fingerprint density at radius 1 is 1.32 bits per heavy atom. The Morgan fingerprint density at radius 3 is 2.63 bits per heavy atom. The number of rotatable bonds is 3. The van der Waals surface area contributed by atoms with Gasteiger partial charge in [0.25, 0.3) is 5.91 Å². The van der Waals surface area contributed by atoms with Crippen LogP contribution >= 0.6 is 0 Å². The van der Waals surface area contributed by atoms with Gasteiger partial charge in [-0.15, -0.1) is 0 Å². The van der Waals surface area contributed by atoms with Gasteiger partial charge in [0.05, 0.1) is 5.56 Å². The molecule has 0 saturated heterocycles. The Hall–Kier alpha value is -1.38. The summed E-state index contributed by atoms with van der Waals surface area (Å²) in [5.41, 5.74) is 0.758. The molecule has 2 saturated carbocycles. The van der Waals surface area contributed by atoms with Crippen LogP contribution in [0.5, 0.6) is 0 Å². The molecular weight excluding hydrogens is 236 g/mol. The molecule has 3 nitrogen and oxygen atoms in total. The van der Waals surface area contributed by atoms with Crippen LogP contribution in [0.4, 0.5) is 0 Å². The molecule has 19 heavy (non-hydrogen) atoms. The Labute approximate surface area is 115 Å². The predicted octanol–water partition coefficient (Wildman–Crippen LogP) is 2.07. The normalized spacial score (nSPS) is 30.3. The van der Waals surface area contributed by atoms with Crippen LogP contribution in [0.15, 0.2) is 24.5 Å². The van der Waals surface area contributed by atoms with Crippen molar-refractivity contribution < 1.29 is 9.36 Å². The number of fused-ring (bicyclic) bond motifs is 2. The third-order valence-corrected chi connectivity index (χ3v) is 5.03. The second-order valence-electron chi connectivity index (χ2n) is 6.35. The van der Waals surface area contributed by atoms with Gasteiger partial charge in [-0.25, -0.2) is 4.57 Å². The minimum Gasteiger partial charge on any atom is -0.349 e. The highest BCUT2D eigenvalue weighted by Crippen LogP contribution is 2.49. The molecule has 2 fully saturated rings. The number of aryl methyl sites for hydroxylation is 1. The molecule has 102 valence electrons. The molecule has 0 aliphatic heterocycles. The maximum atomic E-state index is 12.2. The van der Waals surface area contributed by atoms with Gasteiger partial charge in [-0.1, -0.05) is 6.42 Å². The van der Waals surface area contributed by atoms with Gasteiger partial charge in [0.15, 0.2) is 12.4 Å². The summed E-state index contributed by atoms with van der Waals surface area (Å²) in [5, 5.41) is 3.19. The highest BCUT2D eigenvalue weighted by Gasteiger charge is 2.42. The summed E-state index contributed by atoms with van der Waals surface area (Å²) < 4.78 is 1.94. The van der Waals surface area contributed by atoms with E-state index in [4.69, 9.17) is 0 Å². The summed E-state index contributed by atoms with van der Waals surface area (Å²) in [7, 11) is 1.96. The lowest BCUT2D eigenvalue weighted by Crippen LogP contribution is -2.40. The zero-order valence-electron chi connectivity index (χ0n) is 11.8. The number of amides is 1. The van der Waals surface area contributed by atoms with Crippen molar-refractivity contribution in [1.29, 1.82) is 0 Å². The Bertz CT molecular complexity index is 468. The number of aromatic nitrogens is 1. The summed E-state index contributed by atoms with van der Waals surface area (Å²) in [6, 6.07) is 4.06. The fraction of sp³-hybridized carbons (Fsp3) is 0.625. The first-order valence-corrected chi connectivity index (χ1v) is 7.39. The first kappa shape index (κ1) is 12.6. The lowest BCUT2D eigenvalue weighted by Gasteiger charge is -2.28. The van der Waals surface area contributed by atoms with Gasteiger partial charge >= 0.3 is 0 Å². The van der Waals surface area contributed by atoms with E-state index in [2.05, 4.69) is 12.2 Å². The number of nitrogens with zero attached hydrogens (tertiary/aromatic N) is 1. The molecule has 4 atom stereocenters. The number of carbonyl (C=O) groups excluding carboxylic acids is 1. The number of nitrogens with one attached hydrogen (secondary N) is 1. The van der Waals surface area contributed by atoms with Crippen LogP contribution in [-0.2, 0) is 7.05 Å². The van der Waals surface area contributed by atoms with E-state index in [0.717, 1.165) is 17.4 Å². The highest BCUT2D eigenvalue weighted by molar-refractivity contribution is 5.94. The third kappa shape index (κ3) is 2.51. The van der Waals surface area contributed by atoms with Crippen molar-refractivity contribution in [2.24, 2.45) is 24.8 Å². The smallest absolute Gasteiger partial charge is 0.251 e. The molecule has 3 rings (SSSR count). The summed E-state index contributed by atoms with van der Waals surface area (Å²) in [4.78, 5) is 12.2. The van der Waals surface area contributed by atoms with E-state index in [1.165, 1.54) is 25.7 Å². The van der Waals surface area contributed by atoms with Crippen LogP contribution in [0.2, 0.25) is 0 Å². The molecule has 1 aromatic heterocycles. The van der Waals surface area contributed by atoms with Crippen LogP contribution in [0.25, 0.3) is 0 Å². The average molecular weight is 259 g/mol. The molecule has 0 unspecified atom stereocenters.